The second-order valence-electron chi connectivity index (χ2n) is 4.11. The molecule has 0 saturated carbocycles. The van der Waals surface area contributed by atoms with E-state index in [9.17, 15) is 14.7 Å². The molecular formula is C15H14O4. The van der Waals surface area contributed by atoms with Crippen LogP contribution in [0.15, 0.2) is 42.2 Å². The smallest absolute Gasteiger partial charge is 0.373 e. The number of aliphatic hydroxyl groups excluding tert-OH is 1. The molecule has 1 aromatic carbocycles. The normalized spacial score (nSPS) is 16.6. The number of rotatable bonds is 3. The molecule has 4 nitrogen and oxygen atoms in total. The Morgan fingerprint density at radius 3 is 2.89 bits per heavy atom. The highest BCUT2D eigenvalue weighted by Gasteiger charge is 2.23. The van der Waals surface area contributed by atoms with E-state index in [1.54, 1.807) is 6.92 Å². The van der Waals surface area contributed by atoms with Crippen molar-refractivity contribution in [1.29, 1.82) is 0 Å². The topological polar surface area (TPSA) is 63.6 Å². The highest BCUT2D eigenvalue weighted by Crippen LogP contribution is 2.29. The Hall–Kier alpha value is -2.36. The Kier molecular flexibility index (Phi) is 3.80. The molecule has 98 valence electrons. The number of esters is 1. The first-order valence-electron chi connectivity index (χ1n) is 6.03. The summed E-state index contributed by atoms with van der Waals surface area (Å²) < 4.78 is 4.64. The van der Waals surface area contributed by atoms with Gasteiger partial charge in [0.1, 0.15) is 0 Å². The van der Waals surface area contributed by atoms with E-state index in [1.807, 2.05) is 24.3 Å². The van der Waals surface area contributed by atoms with Gasteiger partial charge in [0.2, 0.25) is 5.76 Å². The number of ketones is 1. The molecule has 0 saturated heterocycles. The van der Waals surface area contributed by atoms with Crippen molar-refractivity contribution in [3.8, 4) is 0 Å². The lowest BCUT2D eigenvalue weighted by atomic mass is 10.1. The number of Topliss-reactive ketones (excluding diaryl/α,β-unsaturated/α-hetero) is 1. The first kappa shape index (κ1) is 13.1. The van der Waals surface area contributed by atoms with Crippen LogP contribution < -0.4 is 0 Å². The largest absolute Gasteiger partial charge is 0.502 e. The molecule has 1 aliphatic rings. The van der Waals surface area contributed by atoms with E-state index >= 15 is 0 Å². The molecule has 2 rings (SSSR count). The maximum Gasteiger partial charge on any atom is 0.373 e. The summed E-state index contributed by atoms with van der Waals surface area (Å²) in [7, 11) is 0. The van der Waals surface area contributed by atoms with Crippen LogP contribution in [0.4, 0.5) is 0 Å². The van der Waals surface area contributed by atoms with Crippen LogP contribution in [-0.2, 0) is 20.7 Å². The molecule has 0 aromatic heterocycles. The van der Waals surface area contributed by atoms with Crippen molar-refractivity contribution in [2.75, 3.05) is 6.61 Å². The quantitative estimate of drug-likeness (QED) is 0.513. The average molecular weight is 258 g/mol. The van der Waals surface area contributed by atoms with Crippen molar-refractivity contribution < 1.29 is 19.4 Å². The summed E-state index contributed by atoms with van der Waals surface area (Å²) in [5.41, 5.74) is 2.31. The molecule has 0 unspecified atom stereocenters. The Morgan fingerprint density at radius 2 is 2.16 bits per heavy atom. The molecule has 1 N–H and O–H groups in total. The number of carbonyl (C=O) groups excluding carboxylic acids is 2. The van der Waals surface area contributed by atoms with Gasteiger partial charge in [-0.2, -0.15) is 0 Å². The van der Waals surface area contributed by atoms with E-state index in [-0.39, 0.29) is 12.4 Å². The highest BCUT2D eigenvalue weighted by molar-refractivity contribution is 6.25. The monoisotopic (exact) mass is 258 g/mol. The number of hydrogen-bond acceptors (Lipinski definition) is 4. The summed E-state index contributed by atoms with van der Waals surface area (Å²) in [5.74, 6) is -1.32. The van der Waals surface area contributed by atoms with Crippen molar-refractivity contribution in [3.63, 3.8) is 0 Å². The van der Waals surface area contributed by atoms with E-state index in [2.05, 4.69) is 4.74 Å². The van der Waals surface area contributed by atoms with Crippen LogP contribution in [0.25, 0.3) is 5.57 Å². The zero-order valence-electron chi connectivity index (χ0n) is 10.6. The van der Waals surface area contributed by atoms with Gasteiger partial charge in [-0.15, -0.1) is 0 Å². The fraction of sp³-hybridized carbons (Fsp3) is 0.200. The predicted octanol–water partition coefficient (Wildman–Crippen LogP) is 2.20. The van der Waals surface area contributed by atoms with Gasteiger partial charge in [0, 0.05) is 12.0 Å². The third-order valence-electron chi connectivity index (χ3n) is 2.85. The van der Waals surface area contributed by atoms with Gasteiger partial charge in [0.15, 0.2) is 5.78 Å². The number of allylic oxidation sites excluding steroid dienone is 3. The van der Waals surface area contributed by atoms with Crippen molar-refractivity contribution in [3.05, 3.63) is 53.3 Å². The van der Waals surface area contributed by atoms with Crippen molar-refractivity contribution >= 4 is 17.3 Å². The van der Waals surface area contributed by atoms with Crippen molar-refractivity contribution in [2.24, 2.45) is 0 Å². The molecule has 0 spiro atoms. The second-order valence-corrected chi connectivity index (χ2v) is 4.11. The van der Waals surface area contributed by atoms with E-state index in [0.717, 1.165) is 11.1 Å². The molecule has 0 fully saturated rings. The van der Waals surface area contributed by atoms with E-state index in [4.69, 9.17) is 0 Å². The Bertz CT molecular complexity index is 582. The Labute approximate surface area is 111 Å². The number of benzene rings is 1. The van der Waals surface area contributed by atoms with Gasteiger partial charge in [-0.1, -0.05) is 24.3 Å². The third kappa shape index (κ3) is 2.73. The molecule has 0 radical (unpaired) electrons. The van der Waals surface area contributed by atoms with Crippen LogP contribution in [0.2, 0.25) is 0 Å². The molecule has 1 aliphatic carbocycles. The molecule has 19 heavy (non-hydrogen) atoms. The van der Waals surface area contributed by atoms with Gasteiger partial charge >= 0.3 is 5.97 Å². The van der Waals surface area contributed by atoms with Crippen LogP contribution in [0.3, 0.4) is 0 Å². The number of hydrogen-bond donors (Lipinski definition) is 1. The molecule has 1 aromatic rings. The van der Waals surface area contributed by atoms with Crippen LogP contribution in [0.1, 0.15) is 18.1 Å². The molecule has 0 atom stereocenters. The van der Waals surface area contributed by atoms with Gasteiger partial charge in [-0.05, 0) is 30.2 Å². The number of ether oxygens (including phenoxy) is 1. The molecule has 0 aliphatic heterocycles. The zero-order chi connectivity index (χ0) is 13.8. The van der Waals surface area contributed by atoms with Gasteiger partial charge in [0.05, 0.1) is 6.61 Å². The van der Waals surface area contributed by atoms with E-state index < -0.39 is 11.7 Å². The standard InChI is InChI=1S/C15H14O4/c1-2-19-15(18)13(16)8-7-12-11-6-4-3-5-10(11)9-14(12)17/h3-8,16H,2,9H2,1H3/b12-7+,13-8-. The first-order valence-corrected chi connectivity index (χ1v) is 6.03. The lowest BCUT2D eigenvalue weighted by Gasteiger charge is -2.00. The maximum absolute atomic E-state index is 11.8. The molecular weight excluding hydrogens is 244 g/mol. The summed E-state index contributed by atoms with van der Waals surface area (Å²) >= 11 is 0. The minimum Gasteiger partial charge on any atom is -0.502 e. The Morgan fingerprint density at radius 1 is 1.42 bits per heavy atom. The summed E-state index contributed by atoms with van der Waals surface area (Å²) in [4.78, 5) is 23.1. The summed E-state index contributed by atoms with van der Waals surface area (Å²) in [6.45, 7) is 1.84. The fourth-order valence-electron chi connectivity index (χ4n) is 1.97. The average Bonchev–Trinajstić information content (AvgIpc) is 2.72. The molecule has 0 heterocycles. The van der Waals surface area contributed by atoms with E-state index in [1.165, 1.54) is 12.2 Å². The summed E-state index contributed by atoms with van der Waals surface area (Å²) in [6.07, 6.45) is 3.02. The van der Waals surface area contributed by atoms with Crippen molar-refractivity contribution in [1.82, 2.24) is 0 Å². The molecule has 0 amide bonds. The SMILES string of the molecule is CCOC(=O)/C(O)=C/C=C1/C(=O)Cc2ccccc21. The van der Waals surface area contributed by atoms with Gasteiger partial charge < -0.3 is 9.84 Å². The summed E-state index contributed by atoms with van der Waals surface area (Å²) in [5, 5.41) is 9.47. The second kappa shape index (κ2) is 5.52. The lowest BCUT2D eigenvalue weighted by Crippen LogP contribution is -2.06. The van der Waals surface area contributed by atoms with Crippen LogP contribution >= 0.6 is 0 Å². The summed E-state index contributed by atoms with van der Waals surface area (Å²) in [6, 6.07) is 7.46. The maximum atomic E-state index is 11.8. The molecule has 0 bridgehead atoms. The van der Waals surface area contributed by atoms with Crippen LogP contribution in [-0.4, -0.2) is 23.5 Å². The van der Waals surface area contributed by atoms with Gasteiger partial charge in [-0.3, -0.25) is 4.79 Å². The van der Waals surface area contributed by atoms with Gasteiger partial charge in [0.25, 0.3) is 0 Å². The zero-order valence-corrected chi connectivity index (χ0v) is 10.6. The van der Waals surface area contributed by atoms with Crippen LogP contribution in [0, 0.1) is 0 Å². The van der Waals surface area contributed by atoms with Crippen LogP contribution in [0.5, 0.6) is 0 Å². The molecule has 4 heteroatoms. The Balaban J connectivity index is 2.27. The van der Waals surface area contributed by atoms with Gasteiger partial charge in [-0.25, -0.2) is 4.79 Å². The predicted molar refractivity (Wildman–Crippen MR) is 70.5 cm³/mol. The van der Waals surface area contributed by atoms with Crippen molar-refractivity contribution in [2.45, 2.75) is 13.3 Å². The number of aliphatic hydroxyl groups is 1. The first-order chi connectivity index (χ1) is 9.13. The number of carbonyl (C=O) groups is 2. The minimum absolute atomic E-state index is 0.0193. The minimum atomic E-state index is -0.793. The lowest BCUT2D eigenvalue weighted by molar-refractivity contribution is -0.141. The highest BCUT2D eigenvalue weighted by atomic mass is 16.5. The fourth-order valence-corrected chi connectivity index (χ4v) is 1.97. The van der Waals surface area contributed by atoms with E-state index in [0.29, 0.717) is 12.0 Å². The third-order valence-corrected chi connectivity index (χ3v) is 2.85. The number of fused-ring (bicyclic) bond motifs is 1.